The third kappa shape index (κ3) is 2.85. The first-order chi connectivity index (χ1) is 9.84. The number of hydrogen-bond acceptors (Lipinski definition) is 3. The minimum Gasteiger partial charge on any atom is -0.334 e. The van der Waals surface area contributed by atoms with E-state index in [4.69, 9.17) is 0 Å². The molecule has 2 aromatic rings. The highest BCUT2D eigenvalue weighted by Gasteiger charge is 2.28. The van der Waals surface area contributed by atoms with Crippen molar-refractivity contribution >= 4 is 17.4 Å². The maximum atomic E-state index is 12.4. The van der Waals surface area contributed by atoms with Crippen molar-refractivity contribution in [2.24, 2.45) is 0 Å². The first kappa shape index (κ1) is 13.2. The number of hydrogen-bond donors (Lipinski definition) is 2. The first-order valence-corrected chi connectivity index (χ1v) is 7.83. The van der Waals surface area contributed by atoms with E-state index < -0.39 is 0 Å². The van der Waals surface area contributed by atoms with Crippen LogP contribution in [0.2, 0.25) is 0 Å². The molecule has 1 atom stereocenters. The number of likely N-dealkylation sites (tertiary alicyclic amines) is 1. The minimum atomic E-state index is 0.0158. The number of H-pyrrole nitrogens is 1. The number of piperidine rings is 1. The lowest BCUT2D eigenvalue weighted by Gasteiger charge is -2.35. The van der Waals surface area contributed by atoms with Crippen LogP contribution in [0.5, 0.6) is 0 Å². The fourth-order valence-corrected chi connectivity index (χ4v) is 3.31. The SMILES string of the molecule is O=C(NCc1ccsc1)N1CCCC[C@@H]1c1cn[nH]c1. The number of carbonyl (C=O) groups is 1. The first-order valence-electron chi connectivity index (χ1n) is 6.89. The van der Waals surface area contributed by atoms with Gasteiger partial charge in [-0.05, 0) is 41.7 Å². The van der Waals surface area contributed by atoms with E-state index >= 15 is 0 Å². The number of carbonyl (C=O) groups excluding carboxylic acids is 1. The van der Waals surface area contributed by atoms with Gasteiger partial charge in [-0.25, -0.2) is 4.79 Å². The van der Waals surface area contributed by atoms with Crippen molar-refractivity contribution in [1.82, 2.24) is 20.4 Å². The van der Waals surface area contributed by atoms with Crippen LogP contribution in [-0.2, 0) is 6.54 Å². The molecule has 1 aliphatic heterocycles. The van der Waals surface area contributed by atoms with Crippen LogP contribution in [0.25, 0.3) is 0 Å². The average molecular weight is 290 g/mol. The molecule has 5 nitrogen and oxygen atoms in total. The summed E-state index contributed by atoms with van der Waals surface area (Å²) < 4.78 is 0. The van der Waals surface area contributed by atoms with E-state index in [1.807, 2.05) is 28.7 Å². The Hall–Kier alpha value is -1.82. The lowest BCUT2D eigenvalue weighted by molar-refractivity contribution is 0.151. The second-order valence-corrected chi connectivity index (χ2v) is 5.81. The predicted octanol–water partition coefficient (Wildman–Crippen LogP) is 2.91. The summed E-state index contributed by atoms with van der Waals surface area (Å²) in [6.07, 6.45) is 6.93. The van der Waals surface area contributed by atoms with Crippen molar-refractivity contribution in [3.8, 4) is 0 Å². The maximum Gasteiger partial charge on any atom is 0.318 e. The number of aromatic amines is 1. The van der Waals surface area contributed by atoms with Gasteiger partial charge in [-0.3, -0.25) is 5.10 Å². The topological polar surface area (TPSA) is 61.0 Å². The molecule has 6 heteroatoms. The van der Waals surface area contributed by atoms with Crippen molar-refractivity contribution in [3.63, 3.8) is 0 Å². The smallest absolute Gasteiger partial charge is 0.318 e. The van der Waals surface area contributed by atoms with Gasteiger partial charge < -0.3 is 10.2 Å². The summed E-state index contributed by atoms with van der Waals surface area (Å²) >= 11 is 1.65. The van der Waals surface area contributed by atoms with Crippen LogP contribution in [0, 0.1) is 0 Å². The molecule has 0 aromatic carbocycles. The lowest BCUT2D eigenvalue weighted by Crippen LogP contribution is -2.44. The predicted molar refractivity (Wildman–Crippen MR) is 78.4 cm³/mol. The summed E-state index contributed by atoms with van der Waals surface area (Å²) in [6, 6.07) is 2.20. The summed E-state index contributed by atoms with van der Waals surface area (Å²) in [7, 11) is 0. The summed E-state index contributed by atoms with van der Waals surface area (Å²) in [5.41, 5.74) is 2.25. The van der Waals surface area contributed by atoms with E-state index in [-0.39, 0.29) is 12.1 Å². The third-order valence-electron chi connectivity index (χ3n) is 3.69. The molecule has 1 aliphatic rings. The Morgan fingerprint density at radius 1 is 1.55 bits per heavy atom. The van der Waals surface area contributed by atoms with Crippen LogP contribution < -0.4 is 5.32 Å². The monoisotopic (exact) mass is 290 g/mol. The zero-order valence-corrected chi connectivity index (χ0v) is 12.0. The maximum absolute atomic E-state index is 12.4. The summed E-state index contributed by atoms with van der Waals surface area (Å²) in [5, 5.41) is 13.9. The Labute approximate surface area is 122 Å². The van der Waals surface area contributed by atoms with E-state index in [1.54, 1.807) is 11.3 Å². The number of urea groups is 1. The standard InChI is InChI=1S/C14H18N4OS/c19-14(15-7-11-4-6-20-10-11)18-5-2-1-3-13(18)12-8-16-17-9-12/h4,6,8-10,13H,1-3,5,7H2,(H,15,19)(H,16,17)/t13-/m1/s1. The van der Waals surface area contributed by atoms with E-state index in [0.717, 1.165) is 36.9 Å². The summed E-state index contributed by atoms with van der Waals surface area (Å²) in [4.78, 5) is 14.3. The molecule has 1 fully saturated rings. The Morgan fingerprint density at radius 3 is 3.25 bits per heavy atom. The third-order valence-corrected chi connectivity index (χ3v) is 4.42. The normalized spacial score (nSPS) is 19.0. The van der Waals surface area contributed by atoms with Crippen LogP contribution in [0.1, 0.15) is 36.4 Å². The molecular weight excluding hydrogens is 272 g/mol. The van der Waals surface area contributed by atoms with Crippen LogP contribution in [-0.4, -0.2) is 27.7 Å². The molecule has 0 unspecified atom stereocenters. The molecule has 20 heavy (non-hydrogen) atoms. The van der Waals surface area contributed by atoms with Crippen molar-refractivity contribution in [2.45, 2.75) is 31.8 Å². The molecule has 3 rings (SSSR count). The second-order valence-electron chi connectivity index (χ2n) is 5.03. The van der Waals surface area contributed by atoms with Gasteiger partial charge in [0.2, 0.25) is 0 Å². The molecule has 1 saturated heterocycles. The fraction of sp³-hybridized carbons (Fsp3) is 0.429. The van der Waals surface area contributed by atoms with Gasteiger partial charge in [-0.1, -0.05) is 0 Å². The van der Waals surface area contributed by atoms with Crippen LogP contribution in [0.4, 0.5) is 4.79 Å². The van der Waals surface area contributed by atoms with E-state index in [1.165, 1.54) is 0 Å². The highest BCUT2D eigenvalue weighted by Crippen LogP contribution is 2.30. The quantitative estimate of drug-likeness (QED) is 0.913. The van der Waals surface area contributed by atoms with Gasteiger partial charge >= 0.3 is 6.03 Å². The number of nitrogens with one attached hydrogen (secondary N) is 2. The highest BCUT2D eigenvalue weighted by molar-refractivity contribution is 7.07. The Bertz CT molecular complexity index is 538. The number of rotatable bonds is 3. The number of aromatic nitrogens is 2. The molecule has 0 saturated carbocycles. The van der Waals surface area contributed by atoms with E-state index in [9.17, 15) is 4.79 Å². The molecule has 106 valence electrons. The molecule has 0 bridgehead atoms. The second kappa shape index (κ2) is 6.09. The Kier molecular flexibility index (Phi) is 4.01. The molecule has 3 heterocycles. The van der Waals surface area contributed by atoms with Crippen molar-refractivity contribution in [3.05, 3.63) is 40.3 Å². The Balaban J connectivity index is 1.65. The van der Waals surface area contributed by atoms with Gasteiger partial charge in [-0.15, -0.1) is 0 Å². The molecule has 2 aromatic heterocycles. The largest absolute Gasteiger partial charge is 0.334 e. The molecule has 0 spiro atoms. The lowest BCUT2D eigenvalue weighted by atomic mass is 9.98. The number of amides is 2. The van der Waals surface area contributed by atoms with Crippen LogP contribution >= 0.6 is 11.3 Å². The van der Waals surface area contributed by atoms with Gasteiger partial charge in [0.25, 0.3) is 0 Å². The molecule has 0 radical (unpaired) electrons. The van der Waals surface area contributed by atoms with Crippen molar-refractivity contribution in [1.29, 1.82) is 0 Å². The summed E-state index contributed by atoms with van der Waals surface area (Å²) in [6.45, 7) is 1.41. The summed E-state index contributed by atoms with van der Waals surface area (Å²) in [5.74, 6) is 0. The molecular formula is C14H18N4OS. The molecule has 2 N–H and O–H groups in total. The average Bonchev–Trinajstić information content (AvgIpc) is 3.18. The fourth-order valence-electron chi connectivity index (χ4n) is 2.64. The van der Waals surface area contributed by atoms with E-state index in [0.29, 0.717) is 6.54 Å². The van der Waals surface area contributed by atoms with Gasteiger partial charge in [0.1, 0.15) is 0 Å². The molecule has 0 aliphatic carbocycles. The van der Waals surface area contributed by atoms with Gasteiger partial charge in [0, 0.05) is 24.8 Å². The zero-order chi connectivity index (χ0) is 13.8. The van der Waals surface area contributed by atoms with Crippen LogP contribution in [0.3, 0.4) is 0 Å². The minimum absolute atomic E-state index is 0.0158. The van der Waals surface area contributed by atoms with Gasteiger partial charge in [0.05, 0.1) is 12.2 Å². The Morgan fingerprint density at radius 2 is 2.50 bits per heavy atom. The number of thiophene rings is 1. The van der Waals surface area contributed by atoms with Gasteiger partial charge in [0.15, 0.2) is 0 Å². The number of nitrogens with zero attached hydrogens (tertiary/aromatic N) is 2. The van der Waals surface area contributed by atoms with Crippen LogP contribution in [0.15, 0.2) is 29.2 Å². The zero-order valence-electron chi connectivity index (χ0n) is 11.2. The highest BCUT2D eigenvalue weighted by atomic mass is 32.1. The van der Waals surface area contributed by atoms with Crippen molar-refractivity contribution < 1.29 is 4.79 Å². The van der Waals surface area contributed by atoms with Gasteiger partial charge in [-0.2, -0.15) is 16.4 Å². The van der Waals surface area contributed by atoms with E-state index in [2.05, 4.69) is 20.9 Å². The van der Waals surface area contributed by atoms with Crippen molar-refractivity contribution in [2.75, 3.05) is 6.54 Å². The molecule has 2 amide bonds.